The van der Waals surface area contributed by atoms with E-state index in [2.05, 4.69) is 5.32 Å². The van der Waals surface area contributed by atoms with Gasteiger partial charge in [0.25, 0.3) is 11.6 Å². The number of halogens is 2. The highest BCUT2D eigenvalue weighted by atomic mass is 35.5. The molecule has 10 heteroatoms. The van der Waals surface area contributed by atoms with Gasteiger partial charge in [-0.1, -0.05) is 47.5 Å². The number of nitrogens with zero attached hydrogens (tertiary/aromatic N) is 2. The second-order valence-electron chi connectivity index (χ2n) is 7.08. The van der Waals surface area contributed by atoms with E-state index >= 15 is 0 Å². The number of carbonyl (C=O) groups excluding carboxylic acids is 1. The van der Waals surface area contributed by atoms with E-state index in [9.17, 15) is 20.2 Å². The van der Waals surface area contributed by atoms with Crippen LogP contribution in [0.4, 0.5) is 11.4 Å². The Morgan fingerprint density at radius 1 is 1.11 bits per heavy atom. The summed E-state index contributed by atoms with van der Waals surface area (Å²) in [5.74, 6) is 0.145. The molecule has 0 fully saturated rings. The highest BCUT2D eigenvalue weighted by Crippen LogP contribution is 2.32. The number of nitriles is 1. The van der Waals surface area contributed by atoms with Crippen LogP contribution < -0.4 is 14.8 Å². The molecule has 178 valence electrons. The highest BCUT2D eigenvalue weighted by molar-refractivity contribution is 6.44. The summed E-state index contributed by atoms with van der Waals surface area (Å²) in [7, 11) is 0. The topological polar surface area (TPSA) is 114 Å². The lowest BCUT2D eigenvalue weighted by molar-refractivity contribution is -0.384. The Labute approximate surface area is 211 Å². The van der Waals surface area contributed by atoms with Gasteiger partial charge in [-0.15, -0.1) is 0 Å². The second kappa shape index (κ2) is 11.9. The summed E-state index contributed by atoms with van der Waals surface area (Å²) in [6.45, 7) is 2.23. The quantitative estimate of drug-likeness (QED) is 0.153. The van der Waals surface area contributed by atoms with Crippen LogP contribution in [-0.4, -0.2) is 17.4 Å². The van der Waals surface area contributed by atoms with Gasteiger partial charge in [0.15, 0.2) is 11.5 Å². The van der Waals surface area contributed by atoms with Gasteiger partial charge in [-0.25, -0.2) is 0 Å². The molecule has 0 heterocycles. The van der Waals surface area contributed by atoms with Crippen molar-refractivity contribution < 1.29 is 19.2 Å². The normalized spacial score (nSPS) is 10.9. The third-order valence-electron chi connectivity index (χ3n) is 4.66. The molecule has 0 aliphatic carbocycles. The molecule has 8 nitrogen and oxygen atoms in total. The number of benzene rings is 3. The monoisotopic (exact) mass is 511 g/mol. The molecule has 0 aromatic heterocycles. The van der Waals surface area contributed by atoms with Crippen LogP contribution in [0.1, 0.15) is 18.1 Å². The van der Waals surface area contributed by atoms with Crippen molar-refractivity contribution in [3.05, 3.63) is 97.5 Å². The number of nitro groups is 1. The van der Waals surface area contributed by atoms with Crippen LogP contribution in [0.15, 0.2) is 66.2 Å². The van der Waals surface area contributed by atoms with E-state index in [1.54, 1.807) is 55.5 Å². The largest absolute Gasteiger partial charge is 0.490 e. The van der Waals surface area contributed by atoms with E-state index in [1.165, 1.54) is 18.2 Å². The number of nitro benzene ring substituents is 1. The Kier molecular flexibility index (Phi) is 8.68. The molecule has 1 N–H and O–H groups in total. The Morgan fingerprint density at radius 2 is 1.89 bits per heavy atom. The Morgan fingerprint density at radius 3 is 2.60 bits per heavy atom. The van der Waals surface area contributed by atoms with Gasteiger partial charge in [0.1, 0.15) is 18.2 Å². The van der Waals surface area contributed by atoms with Gasteiger partial charge in [-0.05, 0) is 48.4 Å². The van der Waals surface area contributed by atoms with Crippen LogP contribution >= 0.6 is 23.2 Å². The van der Waals surface area contributed by atoms with Crippen LogP contribution in [0.3, 0.4) is 0 Å². The van der Waals surface area contributed by atoms with Crippen molar-refractivity contribution >= 4 is 46.6 Å². The first-order valence-corrected chi connectivity index (χ1v) is 11.1. The predicted octanol–water partition coefficient (Wildman–Crippen LogP) is 6.42. The number of carbonyl (C=O) groups is 1. The number of non-ortho nitro benzene ring substituents is 1. The van der Waals surface area contributed by atoms with Crippen molar-refractivity contribution in [3.63, 3.8) is 0 Å². The zero-order valence-electron chi connectivity index (χ0n) is 18.5. The zero-order chi connectivity index (χ0) is 25.4. The van der Waals surface area contributed by atoms with Crippen LogP contribution in [0, 0.1) is 21.4 Å². The summed E-state index contributed by atoms with van der Waals surface area (Å²) in [6.07, 6.45) is 1.40. The van der Waals surface area contributed by atoms with Gasteiger partial charge in [0.05, 0.1) is 27.3 Å². The third kappa shape index (κ3) is 6.73. The van der Waals surface area contributed by atoms with Crippen molar-refractivity contribution in [3.8, 4) is 17.6 Å². The van der Waals surface area contributed by atoms with Gasteiger partial charge in [0.2, 0.25) is 0 Å². The van der Waals surface area contributed by atoms with Crippen LogP contribution in [0.5, 0.6) is 11.5 Å². The molecule has 0 bridgehead atoms. The van der Waals surface area contributed by atoms with E-state index in [1.807, 2.05) is 6.07 Å². The van der Waals surface area contributed by atoms with Gasteiger partial charge in [0, 0.05) is 12.1 Å². The molecular weight excluding hydrogens is 493 g/mol. The summed E-state index contributed by atoms with van der Waals surface area (Å²) < 4.78 is 11.5. The first-order valence-electron chi connectivity index (χ1n) is 10.3. The first kappa shape index (κ1) is 25.6. The number of amides is 1. The van der Waals surface area contributed by atoms with Crippen LogP contribution in [0.25, 0.3) is 6.08 Å². The van der Waals surface area contributed by atoms with Gasteiger partial charge >= 0.3 is 0 Å². The van der Waals surface area contributed by atoms with Gasteiger partial charge in [-0.3, -0.25) is 14.9 Å². The SMILES string of the molecule is CCOc1cc(/C=C(/C#N)C(=O)Nc2cccc(Cl)c2Cl)ccc1OCc1cccc([N+](=O)[O-])c1. The number of hydrogen-bond donors (Lipinski definition) is 1. The highest BCUT2D eigenvalue weighted by Gasteiger charge is 2.14. The molecule has 3 aromatic rings. The minimum Gasteiger partial charge on any atom is -0.490 e. The molecule has 3 rings (SSSR count). The minimum absolute atomic E-state index is 0.0296. The van der Waals surface area contributed by atoms with Gasteiger partial charge in [-0.2, -0.15) is 5.26 Å². The standard InChI is InChI=1S/C25H19Cl2N3O5/c1-2-34-23-13-16(9-10-22(23)35-15-17-5-3-6-19(12-17)30(32)33)11-18(14-28)25(31)29-21-8-4-7-20(26)24(21)27/h3-13H,2,15H2,1H3,(H,29,31)/b18-11-. The average molecular weight is 512 g/mol. The average Bonchev–Trinajstić information content (AvgIpc) is 2.85. The maximum atomic E-state index is 12.6. The van der Waals surface area contributed by atoms with E-state index in [4.69, 9.17) is 32.7 Å². The maximum absolute atomic E-state index is 12.6. The molecule has 0 spiro atoms. The lowest BCUT2D eigenvalue weighted by atomic mass is 10.1. The van der Waals surface area contributed by atoms with E-state index in [0.29, 0.717) is 29.2 Å². The third-order valence-corrected chi connectivity index (χ3v) is 5.48. The second-order valence-corrected chi connectivity index (χ2v) is 7.87. The molecule has 0 atom stereocenters. The molecular formula is C25H19Cl2N3O5. The molecule has 3 aromatic carbocycles. The van der Waals surface area contributed by atoms with E-state index in [0.717, 1.165) is 0 Å². The lowest BCUT2D eigenvalue weighted by Crippen LogP contribution is -2.13. The Balaban J connectivity index is 1.80. The number of anilines is 1. The van der Waals surface area contributed by atoms with E-state index < -0.39 is 10.8 Å². The summed E-state index contributed by atoms with van der Waals surface area (Å²) in [4.78, 5) is 23.1. The molecule has 1 amide bonds. The number of hydrogen-bond acceptors (Lipinski definition) is 6. The predicted molar refractivity (Wildman–Crippen MR) is 134 cm³/mol. The summed E-state index contributed by atoms with van der Waals surface area (Å²) in [5, 5.41) is 23.5. The Hall–Kier alpha value is -4.06. The number of ether oxygens (including phenoxy) is 2. The van der Waals surface area contributed by atoms with E-state index in [-0.39, 0.29) is 33.6 Å². The number of nitrogens with one attached hydrogen (secondary N) is 1. The van der Waals surface area contributed by atoms with Crippen LogP contribution in [0.2, 0.25) is 10.0 Å². The molecule has 0 saturated heterocycles. The molecule has 0 radical (unpaired) electrons. The fraction of sp³-hybridized carbons (Fsp3) is 0.120. The van der Waals surface area contributed by atoms with Gasteiger partial charge < -0.3 is 14.8 Å². The summed E-state index contributed by atoms with van der Waals surface area (Å²) in [6, 6.07) is 17.7. The molecule has 35 heavy (non-hydrogen) atoms. The summed E-state index contributed by atoms with van der Waals surface area (Å²) >= 11 is 12.1. The first-order chi connectivity index (χ1) is 16.8. The lowest BCUT2D eigenvalue weighted by Gasteiger charge is -2.13. The van der Waals surface area contributed by atoms with Crippen molar-refractivity contribution in [2.24, 2.45) is 0 Å². The maximum Gasteiger partial charge on any atom is 0.269 e. The smallest absolute Gasteiger partial charge is 0.269 e. The molecule has 0 aliphatic heterocycles. The van der Waals surface area contributed by atoms with Crippen molar-refractivity contribution in [1.82, 2.24) is 0 Å². The van der Waals surface area contributed by atoms with Crippen LogP contribution in [-0.2, 0) is 11.4 Å². The zero-order valence-corrected chi connectivity index (χ0v) is 20.0. The fourth-order valence-corrected chi connectivity index (χ4v) is 3.38. The summed E-state index contributed by atoms with van der Waals surface area (Å²) in [5.41, 5.74) is 1.24. The fourth-order valence-electron chi connectivity index (χ4n) is 3.03. The van der Waals surface area contributed by atoms with Crippen molar-refractivity contribution in [1.29, 1.82) is 5.26 Å². The molecule has 0 aliphatic rings. The Bertz CT molecular complexity index is 1330. The molecule has 0 saturated carbocycles. The number of rotatable bonds is 9. The van der Waals surface area contributed by atoms with Crippen molar-refractivity contribution in [2.75, 3.05) is 11.9 Å². The minimum atomic E-state index is -0.652. The van der Waals surface area contributed by atoms with Crippen molar-refractivity contribution in [2.45, 2.75) is 13.5 Å². The molecule has 0 unspecified atom stereocenters.